The summed E-state index contributed by atoms with van der Waals surface area (Å²) in [5, 5.41) is 1.58. The molecule has 4 bridgehead atoms. The summed E-state index contributed by atoms with van der Waals surface area (Å²) < 4.78 is 7.05. The van der Waals surface area contributed by atoms with E-state index in [0.717, 1.165) is 76.1 Å². The Morgan fingerprint density at radius 2 is 1.33 bits per heavy atom. The van der Waals surface area contributed by atoms with Crippen LogP contribution in [0.3, 0.4) is 0 Å². The third-order valence-corrected chi connectivity index (χ3v) is 11.9. The fraction of sp³-hybridized carbons (Fsp3) is 0.719. The van der Waals surface area contributed by atoms with Gasteiger partial charge in [0.05, 0.1) is 18.2 Å². The normalized spacial score (nSPS) is 28.3. The molecule has 0 spiro atoms. The topological polar surface area (TPSA) is 165 Å². The molecule has 17 heteroatoms. The zero-order chi connectivity index (χ0) is 34.5. The summed E-state index contributed by atoms with van der Waals surface area (Å²) in [5.41, 5.74) is 7.38. The van der Waals surface area contributed by atoms with Crippen LogP contribution < -0.4 is 35.3 Å². The Labute approximate surface area is 355 Å². The SMILES string of the molecule is CCc1nc(I)cn1C12CC(N)(C1)C2.CCc1nc(I)cn1C12CC(N3CCC(=O)CC3)(C1)C2.COOC=O.O=C(CCBr)CCBr.[Na+].[OH-]. The standard InChI is InChI=1S/C15H20IN3O.C10H14IN3.C5H8Br2O.C2H4O3.Na.H2O/c1-2-13-17-12(16)7-19(13)15-8-14(9-15,10-15)18-5-3-11(20)4-6-18;1-2-8-13-7(11)3-14(8)10-4-9(12,5-10)6-10;6-3-1-5(8)2-4-7;1-4-5-2-3;;/h7H,2-6,8-10H2,1H3;3H,2,4-6,12H2,1H3;1-4H2;2H,1H3;;1H2/q;;;;+1;/p-1. The Morgan fingerprint density at radius 3 is 1.65 bits per heavy atom. The zero-order valence-electron chi connectivity index (χ0n) is 28.9. The zero-order valence-corrected chi connectivity index (χ0v) is 38.3. The molecule has 6 aliphatic carbocycles. The van der Waals surface area contributed by atoms with Crippen molar-refractivity contribution in [1.82, 2.24) is 24.0 Å². The molecule has 270 valence electrons. The first-order valence-electron chi connectivity index (χ1n) is 16.2. The number of likely N-dealkylation sites (tertiary alicyclic amines) is 1. The van der Waals surface area contributed by atoms with E-state index in [1.54, 1.807) is 0 Å². The smallest absolute Gasteiger partial charge is 0.870 e. The second-order valence-electron chi connectivity index (χ2n) is 13.3. The van der Waals surface area contributed by atoms with E-state index in [1.807, 2.05) is 0 Å². The van der Waals surface area contributed by atoms with Gasteiger partial charge in [-0.25, -0.2) is 9.97 Å². The van der Waals surface area contributed by atoms with Crippen LogP contribution in [0.2, 0.25) is 0 Å². The fourth-order valence-corrected chi connectivity index (χ4v) is 10.0. The monoisotopic (exact) mass is 1050 g/mol. The molecule has 3 N–H and O–H groups in total. The molecule has 0 unspecified atom stereocenters. The number of aromatic nitrogens is 4. The maximum absolute atomic E-state index is 11.4. The Bertz CT molecular complexity index is 1370. The number of nitrogens with zero attached hydrogens (tertiary/aromatic N) is 5. The summed E-state index contributed by atoms with van der Waals surface area (Å²) in [5.74, 6) is 3.21. The maximum atomic E-state index is 11.4. The largest absolute Gasteiger partial charge is 1.00 e. The van der Waals surface area contributed by atoms with Crippen molar-refractivity contribution in [1.29, 1.82) is 0 Å². The van der Waals surface area contributed by atoms with E-state index in [4.69, 9.17) is 10.5 Å². The van der Waals surface area contributed by atoms with Crippen molar-refractivity contribution in [2.45, 2.75) is 113 Å². The molecule has 3 heterocycles. The van der Waals surface area contributed by atoms with Gasteiger partial charge in [0.25, 0.3) is 0 Å². The number of hydrogen-bond acceptors (Lipinski definition) is 10. The second-order valence-corrected chi connectivity index (χ2v) is 17.1. The van der Waals surface area contributed by atoms with Gasteiger partial charge in [-0.05, 0) is 83.7 Å². The van der Waals surface area contributed by atoms with E-state index in [2.05, 4.69) is 137 Å². The summed E-state index contributed by atoms with van der Waals surface area (Å²) in [6.07, 6.45) is 16.5. The molecule has 0 aromatic carbocycles. The molecule has 9 rings (SSSR count). The van der Waals surface area contributed by atoms with Gasteiger partial charge in [-0.2, -0.15) is 4.89 Å². The average Bonchev–Trinajstić information content (AvgIpc) is 3.53. The fourth-order valence-electron chi connectivity index (χ4n) is 8.04. The van der Waals surface area contributed by atoms with Crippen LogP contribution in [-0.2, 0) is 48.1 Å². The average molecular weight is 1050 g/mol. The van der Waals surface area contributed by atoms with Crippen LogP contribution in [0.15, 0.2) is 12.4 Å². The Balaban J connectivity index is 0.000000252. The quantitative estimate of drug-likeness (QED) is 0.0885. The second kappa shape index (κ2) is 19.7. The first-order chi connectivity index (χ1) is 22.4. The number of halogens is 4. The number of alkyl halides is 2. The van der Waals surface area contributed by atoms with Gasteiger partial charge in [0.1, 0.15) is 30.6 Å². The predicted molar refractivity (Wildman–Crippen MR) is 206 cm³/mol. The van der Waals surface area contributed by atoms with Crippen LogP contribution in [0.4, 0.5) is 0 Å². The van der Waals surface area contributed by atoms with Crippen molar-refractivity contribution in [3.63, 3.8) is 0 Å². The van der Waals surface area contributed by atoms with Crippen molar-refractivity contribution < 1.29 is 59.2 Å². The van der Waals surface area contributed by atoms with Gasteiger partial charge in [-0.3, -0.25) is 19.3 Å². The van der Waals surface area contributed by atoms with Gasteiger partial charge < -0.3 is 25.2 Å². The molecular weight excluding hydrogens is 1000 g/mol. The Morgan fingerprint density at radius 1 is 0.898 bits per heavy atom. The van der Waals surface area contributed by atoms with Crippen molar-refractivity contribution in [3.05, 3.63) is 31.4 Å². The number of imidazole rings is 2. The van der Waals surface area contributed by atoms with E-state index in [0.29, 0.717) is 41.0 Å². The number of hydrogen-bond donors (Lipinski definition) is 1. The minimum atomic E-state index is 0. The minimum absolute atomic E-state index is 0. The van der Waals surface area contributed by atoms with Crippen molar-refractivity contribution >= 4 is 95.1 Å². The van der Waals surface area contributed by atoms with Gasteiger partial charge in [0.2, 0.25) is 0 Å². The Hall–Kier alpha value is 0.490. The predicted octanol–water partition coefficient (Wildman–Crippen LogP) is 2.66. The molecule has 2 aromatic rings. The Kier molecular flexibility index (Phi) is 18.4. The van der Waals surface area contributed by atoms with Crippen molar-refractivity contribution in [2.75, 3.05) is 30.9 Å². The number of carbonyl (C=O) groups excluding carboxylic acids is 3. The molecule has 0 radical (unpaired) electrons. The summed E-state index contributed by atoms with van der Waals surface area (Å²) in [4.78, 5) is 50.3. The van der Waals surface area contributed by atoms with Crippen molar-refractivity contribution in [2.24, 2.45) is 5.73 Å². The molecule has 0 atom stereocenters. The van der Waals surface area contributed by atoms with Crippen LogP contribution in [0.25, 0.3) is 0 Å². The van der Waals surface area contributed by atoms with Gasteiger partial charge in [-0.15, -0.1) is 0 Å². The van der Waals surface area contributed by atoms with Gasteiger partial charge in [-0.1, -0.05) is 45.7 Å². The molecule has 6 saturated carbocycles. The van der Waals surface area contributed by atoms with Crippen LogP contribution in [-0.4, -0.2) is 89.5 Å². The number of aryl methyl sites for hydroxylation is 2. The summed E-state index contributed by atoms with van der Waals surface area (Å²) in [6, 6.07) is 0. The number of carbonyl (C=O) groups is 3. The minimum Gasteiger partial charge on any atom is -0.870 e. The number of Topliss-reactive ketones (excluding diaryl/α,β-unsaturated/α-hetero) is 2. The number of rotatable bonds is 11. The van der Waals surface area contributed by atoms with Crippen LogP contribution in [0, 0.1) is 7.40 Å². The van der Waals surface area contributed by atoms with E-state index in [9.17, 15) is 9.59 Å². The van der Waals surface area contributed by atoms with E-state index < -0.39 is 0 Å². The van der Waals surface area contributed by atoms with E-state index in [1.165, 1.54) is 38.0 Å². The third-order valence-electron chi connectivity index (χ3n) is 10.0. The van der Waals surface area contributed by atoms with Gasteiger partial charge >= 0.3 is 36.0 Å². The molecule has 1 saturated heterocycles. The molecule has 1 aliphatic heterocycles. The molecule has 2 aromatic heterocycles. The first kappa shape index (κ1) is 45.6. The summed E-state index contributed by atoms with van der Waals surface area (Å²) >= 11 is 11.0. The number of ketones is 2. The number of nitrogens with two attached hydrogens (primary N) is 1. The van der Waals surface area contributed by atoms with Gasteiger partial charge in [0.15, 0.2) is 0 Å². The molecule has 0 amide bonds. The molecule has 7 aliphatic rings. The molecular formula is C32H47Br2I2N6NaO6. The molecule has 12 nitrogen and oxygen atoms in total. The first-order valence-corrected chi connectivity index (χ1v) is 20.6. The van der Waals surface area contributed by atoms with E-state index in [-0.39, 0.29) is 47.0 Å². The van der Waals surface area contributed by atoms with Crippen molar-refractivity contribution in [3.8, 4) is 0 Å². The van der Waals surface area contributed by atoms with Crippen LogP contribution in [0.1, 0.15) is 89.7 Å². The van der Waals surface area contributed by atoms with E-state index >= 15 is 0 Å². The van der Waals surface area contributed by atoms with Crippen LogP contribution in [0.5, 0.6) is 0 Å². The summed E-state index contributed by atoms with van der Waals surface area (Å²) in [6.45, 7) is 6.53. The van der Waals surface area contributed by atoms with Gasteiger partial charge in [0, 0.05) is 85.7 Å². The third kappa shape index (κ3) is 10.4. The molecule has 49 heavy (non-hydrogen) atoms. The summed E-state index contributed by atoms with van der Waals surface area (Å²) in [7, 11) is 1.26. The maximum Gasteiger partial charge on any atom is 1.00 e. The van der Waals surface area contributed by atoms with Crippen LogP contribution >= 0.6 is 77.0 Å². The molecule has 7 fully saturated rings. The number of piperidine rings is 1.